The Morgan fingerprint density at radius 3 is 2.58 bits per heavy atom. The second-order valence-electron chi connectivity index (χ2n) is 4.80. The molecule has 3 atom stereocenters. The van der Waals surface area contributed by atoms with Gasteiger partial charge >= 0.3 is 5.97 Å². The number of amides is 1. The van der Waals surface area contributed by atoms with Gasteiger partial charge in [0.15, 0.2) is 0 Å². The Morgan fingerprint density at radius 2 is 2.05 bits per heavy atom. The van der Waals surface area contributed by atoms with Crippen LogP contribution in [0.25, 0.3) is 0 Å². The van der Waals surface area contributed by atoms with E-state index in [-0.39, 0.29) is 5.92 Å². The topological polar surface area (TPSA) is 75.6 Å². The van der Waals surface area contributed by atoms with Crippen LogP contribution in [0.15, 0.2) is 30.3 Å². The molecule has 1 amide bonds. The molecular weight excluding hydrogens is 246 g/mol. The molecule has 1 saturated carbocycles. The van der Waals surface area contributed by atoms with E-state index in [0.717, 1.165) is 5.56 Å². The molecule has 102 valence electrons. The van der Waals surface area contributed by atoms with E-state index in [4.69, 9.17) is 4.74 Å². The predicted octanol–water partition coefficient (Wildman–Crippen LogP) is 0.583. The summed E-state index contributed by atoms with van der Waals surface area (Å²) in [6.45, 7) is 1.36. The maximum Gasteiger partial charge on any atom is 0.332 e. The van der Waals surface area contributed by atoms with Gasteiger partial charge in [-0.3, -0.25) is 4.79 Å². The number of hydrogen-bond acceptors (Lipinski definition) is 4. The molecule has 0 aliphatic heterocycles. The number of ether oxygens (including phenoxy) is 1. The minimum absolute atomic E-state index is 0.108. The highest BCUT2D eigenvalue weighted by atomic mass is 16.5. The van der Waals surface area contributed by atoms with Gasteiger partial charge in [0.05, 0.1) is 7.11 Å². The van der Waals surface area contributed by atoms with Gasteiger partial charge in [-0.1, -0.05) is 30.3 Å². The van der Waals surface area contributed by atoms with Crippen molar-refractivity contribution in [3.8, 4) is 0 Å². The van der Waals surface area contributed by atoms with Crippen molar-refractivity contribution in [1.29, 1.82) is 0 Å². The smallest absolute Gasteiger partial charge is 0.332 e. The Morgan fingerprint density at radius 1 is 1.42 bits per heavy atom. The Labute approximate surface area is 111 Å². The Hall–Kier alpha value is -1.88. The van der Waals surface area contributed by atoms with Crippen molar-refractivity contribution in [3.05, 3.63) is 35.9 Å². The number of nitrogens with one attached hydrogen (secondary N) is 1. The summed E-state index contributed by atoms with van der Waals surface area (Å²) in [4.78, 5) is 23.5. The fourth-order valence-electron chi connectivity index (χ4n) is 2.27. The van der Waals surface area contributed by atoms with E-state index in [1.165, 1.54) is 14.0 Å². The van der Waals surface area contributed by atoms with Crippen molar-refractivity contribution in [2.75, 3.05) is 7.11 Å². The van der Waals surface area contributed by atoms with Crippen molar-refractivity contribution in [3.63, 3.8) is 0 Å². The van der Waals surface area contributed by atoms with Crippen LogP contribution >= 0.6 is 0 Å². The molecule has 1 aromatic rings. The standard InChI is InChI=1S/C14H17NO4/c1-9(16)12(17)15-14(13(18)19-2)8-11(14)10-6-4-3-5-7-10/h3-7,9,11,16H,8H2,1-2H3,(H,15,17)/t9-,11-,14-/m0/s1. The summed E-state index contributed by atoms with van der Waals surface area (Å²) in [6.07, 6.45) is -0.666. The zero-order chi connectivity index (χ0) is 14.0. The number of aliphatic hydroxyl groups excluding tert-OH is 1. The van der Waals surface area contributed by atoms with Crippen LogP contribution in [-0.4, -0.2) is 35.7 Å². The second-order valence-corrected chi connectivity index (χ2v) is 4.80. The number of esters is 1. The molecule has 0 aromatic heterocycles. The van der Waals surface area contributed by atoms with Gasteiger partial charge in [-0.15, -0.1) is 0 Å². The van der Waals surface area contributed by atoms with Gasteiger partial charge in [0, 0.05) is 5.92 Å². The molecule has 1 aliphatic rings. The first kappa shape index (κ1) is 13.5. The molecule has 0 bridgehead atoms. The van der Waals surface area contributed by atoms with Crippen molar-refractivity contribution in [2.24, 2.45) is 0 Å². The summed E-state index contributed by atoms with van der Waals surface area (Å²) in [7, 11) is 1.29. The molecule has 0 radical (unpaired) electrons. The lowest BCUT2D eigenvalue weighted by Crippen LogP contribution is -2.48. The highest BCUT2D eigenvalue weighted by molar-refractivity contribution is 5.93. The maximum atomic E-state index is 11.9. The summed E-state index contributed by atoms with van der Waals surface area (Å²) in [5, 5.41) is 11.9. The molecule has 19 heavy (non-hydrogen) atoms. The Balaban J connectivity index is 2.21. The van der Waals surface area contributed by atoms with E-state index in [1.54, 1.807) is 0 Å². The molecular formula is C14H17NO4. The summed E-state index contributed by atoms with van der Waals surface area (Å²) >= 11 is 0. The van der Waals surface area contributed by atoms with Gasteiger partial charge in [-0.2, -0.15) is 0 Å². The number of aliphatic hydroxyl groups is 1. The van der Waals surface area contributed by atoms with Gasteiger partial charge in [0.1, 0.15) is 11.6 Å². The molecule has 1 aliphatic carbocycles. The van der Waals surface area contributed by atoms with Gasteiger partial charge < -0.3 is 15.2 Å². The number of hydrogen-bond donors (Lipinski definition) is 2. The van der Waals surface area contributed by atoms with Crippen LogP contribution in [0.2, 0.25) is 0 Å². The molecule has 0 spiro atoms. The Kier molecular flexibility index (Phi) is 3.57. The lowest BCUT2D eigenvalue weighted by molar-refractivity contribution is -0.147. The molecule has 2 rings (SSSR count). The summed E-state index contributed by atoms with van der Waals surface area (Å²) in [5.41, 5.74) is -0.0664. The third-order valence-corrected chi connectivity index (χ3v) is 3.44. The molecule has 0 unspecified atom stereocenters. The van der Waals surface area contributed by atoms with Crippen LogP contribution in [-0.2, 0) is 14.3 Å². The van der Waals surface area contributed by atoms with Gasteiger partial charge in [-0.05, 0) is 18.9 Å². The van der Waals surface area contributed by atoms with Crippen LogP contribution < -0.4 is 5.32 Å². The average Bonchev–Trinajstić information content (AvgIpc) is 3.14. The zero-order valence-corrected chi connectivity index (χ0v) is 10.9. The van der Waals surface area contributed by atoms with E-state index in [9.17, 15) is 14.7 Å². The number of carbonyl (C=O) groups excluding carboxylic acids is 2. The van der Waals surface area contributed by atoms with E-state index >= 15 is 0 Å². The average molecular weight is 263 g/mol. The monoisotopic (exact) mass is 263 g/mol. The quantitative estimate of drug-likeness (QED) is 0.779. The summed E-state index contributed by atoms with van der Waals surface area (Å²) in [5.74, 6) is -1.15. The van der Waals surface area contributed by atoms with Crippen molar-refractivity contribution < 1.29 is 19.4 Å². The van der Waals surface area contributed by atoms with Crippen LogP contribution in [0.5, 0.6) is 0 Å². The normalized spacial score (nSPS) is 26.4. The van der Waals surface area contributed by atoms with Crippen LogP contribution in [0.3, 0.4) is 0 Å². The molecule has 0 saturated heterocycles. The van der Waals surface area contributed by atoms with E-state index < -0.39 is 23.5 Å². The molecule has 5 heteroatoms. The SMILES string of the molecule is COC(=O)[C@]1(NC(=O)[C@H](C)O)C[C@H]1c1ccccc1. The van der Waals surface area contributed by atoms with Crippen molar-refractivity contribution in [1.82, 2.24) is 5.32 Å². The number of carbonyl (C=O) groups is 2. The zero-order valence-electron chi connectivity index (χ0n) is 10.9. The molecule has 0 heterocycles. The number of benzene rings is 1. The second kappa shape index (κ2) is 5.01. The number of rotatable bonds is 4. The highest BCUT2D eigenvalue weighted by Crippen LogP contribution is 2.52. The Bertz CT molecular complexity index is 485. The fourth-order valence-corrected chi connectivity index (χ4v) is 2.27. The van der Waals surface area contributed by atoms with Crippen molar-refractivity contribution in [2.45, 2.75) is 30.9 Å². The first-order valence-electron chi connectivity index (χ1n) is 6.14. The summed E-state index contributed by atoms with van der Waals surface area (Å²) in [6, 6.07) is 9.46. The summed E-state index contributed by atoms with van der Waals surface area (Å²) < 4.78 is 4.77. The molecule has 1 aromatic carbocycles. The predicted molar refractivity (Wildman–Crippen MR) is 68.4 cm³/mol. The van der Waals surface area contributed by atoms with Crippen LogP contribution in [0, 0.1) is 0 Å². The fraction of sp³-hybridized carbons (Fsp3) is 0.429. The largest absolute Gasteiger partial charge is 0.467 e. The third kappa shape index (κ3) is 2.46. The maximum absolute atomic E-state index is 11.9. The van der Waals surface area contributed by atoms with Crippen LogP contribution in [0.1, 0.15) is 24.8 Å². The minimum atomic E-state index is -1.15. The van der Waals surface area contributed by atoms with E-state index in [0.29, 0.717) is 6.42 Å². The lowest BCUT2D eigenvalue weighted by Gasteiger charge is -2.18. The highest BCUT2D eigenvalue weighted by Gasteiger charge is 2.63. The first-order valence-corrected chi connectivity index (χ1v) is 6.14. The van der Waals surface area contributed by atoms with Gasteiger partial charge in [0.25, 0.3) is 0 Å². The molecule has 5 nitrogen and oxygen atoms in total. The van der Waals surface area contributed by atoms with E-state index in [1.807, 2.05) is 30.3 Å². The van der Waals surface area contributed by atoms with Crippen molar-refractivity contribution >= 4 is 11.9 Å². The van der Waals surface area contributed by atoms with Gasteiger partial charge in [-0.25, -0.2) is 4.79 Å². The number of methoxy groups -OCH3 is 1. The third-order valence-electron chi connectivity index (χ3n) is 3.44. The minimum Gasteiger partial charge on any atom is -0.467 e. The lowest BCUT2D eigenvalue weighted by atomic mass is 10.1. The molecule has 1 fully saturated rings. The van der Waals surface area contributed by atoms with Gasteiger partial charge in [0.2, 0.25) is 5.91 Å². The molecule has 2 N–H and O–H groups in total. The van der Waals surface area contributed by atoms with E-state index in [2.05, 4.69) is 5.32 Å². The van der Waals surface area contributed by atoms with Crippen LogP contribution in [0.4, 0.5) is 0 Å². The first-order chi connectivity index (χ1) is 9.01.